The number of ketones is 1. The van der Waals surface area contributed by atoms with Crippen LogP contribution < -0.4 is 10.6 Å². The molecule has 2 aliphatic heterocycles. The van der Waals surface area contributed by atoms with Crippen molar-refractivity contribution in [1.29, 1.82) is 0 Å². The van der Waals surface area contributed by atoms with Gasteiger partial charge in [-0.25, -0.2) is 9.78 Å². The number of benzene rings is 1. The summed E-state index contributed by atoms with van der Waals surface area (Å²) in [6.07, 6.45) is 4.14. The van der Waals surface area contributed by atoms with Gasteiger partial charge in [0.2, 0.25) is 11.8 Å². The second-order valence-electron chi connectivity index (χ2n) is 11.5. The standard InChI is InChI=1S/C30H31BrN6O6/c1-16-6-7-23(31)33-27(16)34-28(40)21-12-30(3)13-22(30)37(21)24(39)14-36-26-18-10-19(11-20(26)25(35-36)17(2)38)32-29(41)43-9-5-4-8-42-15-18/h4-7,10-11,21-22H,8-9,12-15H2,1-3H3,(H,32,41)(H,33,34,40)/b5-4-/t21-,22+,30-/m0/s1. The molecule has 1 saturated carbocycles. The minimum absolute atomic E-state index is 0.0663. The summed E-state index contributed by atoms with van der Waals surface area (Å²) >= 11 is 3.35. The fraction of sp³-hybridized carbons (Fsp3) is 0.400. The van der Waals surface area contributed by atoms with E-state index in [2.05, 4.69) is 43.6 Å². The van der Waals surface area contributed by atoms with Gasteiger partial charge < -0.3 is 19.7 Å². The number of aryl methyl sites for hydroxylation is 1. The number of carbonyl (C=O) groups excluding carboxylic acids is 4. The SMILES string of the molecule is CC(=O)c1nn(CC(=O)N2[C@H](C(=O)Nc3nc(Br)ccc3C)C[C@@]3(C)C[C@@H]23)c2c3cc(cc12)NC(=O)OC/C=C\COC3. The average Bonchev–Trinajstić information content (AvgIpc) is 3.30. The van der Waals surface area contributed by atoms with Crippen molar-refractivity contribution in [3.05, 3.63) is 57.8 Å². The van der Waals surface area contributed by atoms with Crippen LogP contribution in [-0.4, -0.2) is 68.7 Å². The van der Waals surface area contributed by atoms with Crippen LogP contribution in [0, 0.1) is 12.3 Å². The number of anilines is 2. The number of halogens is 1. The van der Waals surface area contributed by atoms with Crippen molar-refractivity contribution in [2.45, 2.75) is 58.8 Å². The quantitative estimate of drug-likeness (QED) is 0.235. The lowest BCUT2D eigenvalue weighted by Gasteiger charge is -2.27. The Balaban J connectivity index is 1.33. The molecule has 3 aromatic rings. The number of likely N-dealkylation sites (tertiary alicyclic amines) is 1. The Bertz CT molecular complexity index is 1700. The van der Waals surface area contributed by atoms with Crippen molar-refractivity contribution < 1.29 is 28.7 Å². The number of fused-ring (bicyclic) bond motifs is 5. The van der Waals surface area contributed by atoms with E-state index in [9.17, 15) is 19.2 Å². The highest BCUT2D eigenvalue weighted by Gasteiger charge is 2.64. The van der Waals surface area contributed by atoms with Crippen molar-refractivity contribution in [3.8, 4) is 0 Å². The number of ether oxygens (including phenoxy) is 2. The number of nitrogens with one attached hydrogen (secondary N) is 2. The second-order valence-corrected chi connectivity index (χ2v) is 12.3. The highest BCUT2D eigenvalue weighted by atomic mass is 79.9. The van der Waals surface area contributed by atoms with Crippen LogP contribution in [0.1, 0.15) is 48.3 Å². The average molecular weight is 652 g/mol. The van der Waals surface area contributed by atoms with Gasteiger partial charge in [-0.15, -0.1) is 0 Å². The van der Waals surface area contributed by atoms with Crippen LogP contribution >= 0.6 is 15.9 Å². The predicted octanol–water partition coefficient (Wildman–Crippen LogP) is 4.36. The maximum Gasteiger partial charge on any atom is 0.411 e. The maximum atomic E-state index is 14.0. The molecule has 13 heteroatoms. The number of piperidine rings is 1. The predicted molar refractivity (Wildman–Crippen MR) is 161 cm³/mol. The van der Waals surface area contributed by atoms with Gasteiger partial charge in [0.25, 0.3) is 0 Å². The molecule has 224 valence electrons. The van der Waals surface area contributed by atoms with Crippen molar-refractivity contribution in [2.75, 3.05) is 23.8 Å². The van der Waals surface area contributed by atoms with E-state index in [0.29, 0.717) is 39.0 Å². The number of carbonyl (C=O) groups is 4. The van der Waals surface area contributed by atoms with Gasteiger partial charge in [0.05, 0.1) is 18.7 Å². The van der Waals surface area contributed by atoms with E-state index < -0.39 is 12.1 Å². The van der Waals surface area contributed by atoms with Gasteiger partial charge >= 0.3 is 6.09 Å². The van der Waals surface area contributed by atoms with Crippen LogP contribution in [0.4, 0.5) is 16.3 Å². The number of Topliss-reactive ketones (excluding diaryl/α,β-unsaturated/α-hetero) is 1. The molecule has 43 heavy (non-hydrogen) atoms. The zero-order chi connectivity index (χ0) is 30.5. The summed E-state index contributed by atoms with van der Waals surface area (Å²) in [4.78, 5) is 58.5. The Morgan fingerprint density at radius 1 is 1.19 bits per heavy atom. The third-order valence-corrected chi connectivity index (χ3v) is 8.71. The van der Waals surface area contributed by atoms with E-state index in [0.717, 1.165) is 12.0 Å². The number of cyclic esters (lactones) is 1. The van der Waals surface area contributed by atoms with Crippen LogP contribution in [0.3, 0.4) is 0 Å². The molecule has 0 unspecified atom stereocenters. The number of amides is 3. The first-order chi connectivity index (χ1) is 20.5. The largest absolute Gasteiger partial charge is 0.445 e. The Labute approximate surface area is 255 Å². The number of rotatable bonds is 5. The second kappa shape index (κ2) is 11.2. The third-order valence-electron chi connectivity index (χ3n) is 8.27. The highest BCUT2D eigenvalue weighted by Crippen LogP contribution is 2.59. The number of pyridine rings is 1. The van der Waals surface area contributed by atoms with E-state index >= 15 is 0 Å². The van der Waals surface area contributed by atoms with Gasteiger partial charge in [0.15, 0.2) is 5.78 Å². The number of hydrogen-bond acceptors (Lipinski definition) is 8. The molecule has 2 N–H and O–H groups in total. The van der Waals surface area contributed by atoms with E-state index in [1.54, 1.807) is 35.3 Å². The van der Waals surface area contributed by atoms with Crippen LogP contribution in [-0.2, 0) is 32.2 Å². The van der Waals surface area contributed by atoms with Crippen LogP contribution in [0.15, 0.2) is 41.0 Å². The molecule has 3 aliphatic rings. The molecule has 1 aromatic carbocycles. The molecule has 6 rings (SSSR count). The Morgan fingerprint density at radius 3 is 2.77 bits per heavy atom. The summed E-state index contributed by atoms with van der Waals surface area (Å²) in [5.74, 6) is -0.428. The van der Waals surface area contributed by atoms with Crippen LogP contribution in [0.5, 0.6) is 0 Å². The minimum atomic E-state index is -0.674. The third kappa shape index (κ3) is 5.66. The molecule has 12 nitrogen and oxygen atoms in total. The fourth-order valence-electron chi connectivity index (χ4n) is 6.01. The Hall–Kier alpha value is -4.10. The van der Waals surface area contributed by atoms with Crippen molar-refractivity contribution in [2.24, 2.45) is 5.41 Å². The molecule has 2 aromatic heterocycles. The summed E-state index contributed by atoms with van der Waals surface area (Å²) < 4.78 is 13.1. The summed E-state index contributed by atoms with van der Waals surface area (Å²) in [6, 6.07) is 6.27. The van der Waals surface area contributed by atoms with Gasteiger partial charge in [-0.1, -0.05) is 19.1 Å². The molecular weight excluding hydrogens is 620 g/mol. The summed E-state index contributed by atoms with van der Waals surface area (Å²) in [5, 5.41) is 10.6. The molecule has 0 radical (unpaired) electrons. The van der Waals surface area contributed by atoms with Gasteiger partial charge in [-0.05, 0) is 70.9 Å². The molecule has 0 spiro atoms. The first kappa shape index (κ1) is 29.0. The minimum Gasteiger partial charge on any atom is -0.445 e. The fourth-order valence-corrected chi connectivity index (χ4v) is 6.32. The van der Waals surface area contributed by atoms with E-state index in [-0.39, 0.29) is 61.1 Å². The number of hydrogen-bond donors (Lipinski definition) is 2. The summed E-state index contributed by atoms with van der Waals surface area (Å²) in [6.45, 7) is 5.68. The zero-order valence-corrected chi connectivity index (χ0v) is 25.6. The lowest BCUT2D eigenvalue weighted by molar-refractivity contribution is -0.138. The van der Waals surface area contributed by atoms with Gasteiger partial charge in [0, 0.05) is 29.6 Å². The van der Waals surface area contributed by atoms with Crippen LogP contribution in [0.25, 0.3) is 10.9 Å². The molecule has 2 bridgehead atoms. The first-order valence-corrected chi connectivity index (χ1v) is 14.8. The highest BCUT2D eigenvalue weighted by molar-refractivity contribution is 9.10. The first-order valence-electron chi connectivity index (χ1n) is 14.0. The molecule has 2 fully saturated rings. The molecule has 4 heterocycles. The van der Waals surface area contributed by atoms with Gasteiger partial charge in [0.1, 0.15) is 35.3 Å². The van der Waals surface area contributed by atoms with E-state index in [4.69, 9.17) is 9.47 Å². The topological polar surface area (TPSA) is 145 Å². The maximum absolute atomic E-state index is 14.0. The lowest BCUT2D eigenvalue weighted by atomic mass is 10.0. The normalized spacial score (nSPS) is 23.8. The Kier molecular flexibility index (Phi) is 7.55. The smallest absolute Gasteiger partial charge is 0.411 e. The van der Waals surface area contributed by atoms with Gasteiger partial charge in [-0.2, -0.15) is 5.10 Å². The summed E-state index contributed by atoms with van der Waals surface area (Å²) in [5.41, 5.74) is 2.43. The Morgan fingerprint density at radius 2 is 1.98 bits per heavy atom. The monoisotopic (exact) mass is 650 g/mol. The van der Waals surface area contributed by atoms with E-state index in [1.807, 2.05) is 13.0 Å². The summed E-state index contributed by atoms with van der Waals surface area (Å²) in [7, 11) is 0. The van der Waals surface area contributed by atoms with Crippen molar-refractivity contribution in [3.63, 3.8) is 0 Å². The van der Waals surface area contributed by atoms with Crippen molar-refractivity contribution >= 4 is 62.0 Å². The van der Waals surface area contributed by atoms with Crippen molar-refractivity contribution in [1.82, 2.24) is 19.7 Å². The van der Waals surface area contributed by atoms with E-state index in [1.165, 1.54) is 11.6 Å². The molecule has 3 atom stereocenters. The number of aromatic nitrogens is 3. The number of nitrogens with zero attached hydrogens (tertiary/aromatic N) is 4. The molecule has 1 aliphatic carbocycles. The molecule has 3 amide bonds. The molecule has 1 saturated heterocycles. The molecular formula is C30H31BrN6O6. The van der Waals surface area contributed by atoms with Crippen LogP contribution in [0.2, 0.25) is 0 Å². The zero-order valence-electron chi connectivity index (χ0n) is 24.0. The van der Waals surface area contributed by atoms with Gasteiger partial charge in [-0.3, -0.25) is 24.4 Å². The lowest BCUT2D eigenvalue weighted by Crippen LogP contribution is -2.47.